The number of aromatic nitrogens is 3. The van der Waals surface area contributed by atoms with Crippen molar-refractivity contribution in [2.24, 2.45) is 13.0 Å². The van der Waals surface area contributed by atoms with E-state index in [1.807, 2.05) is 37.1 Å². The van der Waals surface area contributed by atoms with Gasteiger partial charge in [0, 0.05) is 39.1 Å². The zero-order valence-electron chi connectivity index (χ0n) is 17.3. The van der Waals surface area contributed by atoms with Gasteiger partial charge in [-0.3, -0.25) is 14.5 Å². The molecule has 4 rings (SSSR count). The molecule has 7 heteroatoms. The average Bonchev–Trinajstić information content (AvgIpc) is 3.07. The van der Waals surface area contributed by atoms with Gasteiger partial charge in [0.1, 0.15) is 11.4 Å². The fourth-order valence-electron chi connectivity index (χ4n) is 4.59. The van der Waals surface area contributed by atoms with Crippen LogP contribution in [0.1, 0.15) is 48.3 Å². The second-order valence-electron chi connectivity index (χ2n) is 8.30. The Morgan fingerprint density at radius 2 is 2.07 bits per heavy atom. The number of rotatable bonds is 5. The van der Waals surface area contributed by atoms with Gasteiger partial charge in [-0.1, -0.05) is 0 Å². The SMILES string of the molecule is Cc1cc(C(=O)N2CCC3(CC2)CC(CCOc2ccncc2)CCO3)n(C)n1. The molecule has 1 spiro atoms. The molecule has 1 unspecified atom stereocenters. The lowest BCUT2D eigenvalue weighted by molar-refractivity contribution is -0.125. The Morgan fingerprint density at radius 1 is 1.31 bits per heavy atom. The first-order valence-electron chi connectivity index (χ1n) is 10.5. The summed E-state index contributed by atoms with van der Waals surface area (Å²) in [7, 11) is 1.83. The lowest BCUT2D eigenvalue weighted by atomic mass is 9.78. The molecule has 2 aliphatic rings. The molecule has 2 fully saturated rings. The van der Waals surface area contributed by atoms with Crippen LogP contribution in [0, 0.1) is 12.8 Å². The number of carbonyl (C=O) groups excluding carboxylic acids is 1. The van der Waals surface area contributed by atoms with Crippen molar-refractivity contribution in [1.29, 1.82) is 0 Å². The number of hydrogen-bond acceptors (Lipinski definition) is 5. The summed E-state index contributed by atoms with van der Waals surface area (Å²) in [5.41, 5.74) is 1.45. The number of carbonyl (C=O) groups is 1. The van der Waals surface area contributed by atoms with E-state index in [9.17, 15) is 4.79 Å². The normalized spacial score (nSPS) is 21.3. The molecular formula is C22H30N4O3. The molecule has 2 aliphatic heterocycles. The molecule has 1 atom stereocenters. The standard InChI is InChI=1S/C22H30N4O3/c1-17-15-20(25(2)24-17)21(27)26-11-7-22(8-12-26)16-18(6-14-29-22)5-13-28-19-3-9-23-10-4-19/h3-4,9-10,15,18H,5-8,11-14,16H2,1-2H3. The van der Waals surface area contributed by atoms with Gasteiger partial charge in [-0.25, -0.2) is 0 Å². The number of pyridine rings is 1. The van der Waals surface area contributed by atoms with Crippen molar-refractivity contribution >= 4 is 5.91 Å². The maximum Gasteiger partial charge on any atom is 0.272 e. The molecule has 1 amide bonds. The third kappa shape index (κ3) is 4.61. The number of aryl methyl sites for hydroxylation is 2. The molecule has 29 heavy (non-hydrogen) atoms. The summed E-state index contributed by atoms with van der Waals surface area (Å²) < 4.78 is 13.8. The Bertz CT molecular complexity index is 828. The summed E-state index contributed by atoms with van der Waals surface area (Å²) in [6, 6.07) is 5.65. The summed E-state index contributed by atoms with van der Waals surface area (Å²) in [4.78, 5) is 18.8. The summed E-state index contributed by atoms with van der Waals surface area (Å²) >= 11 is 0. The highest BCUT2D eigenvalue weighted by atomic mass is 16.5. The van der Waals surface area contributed by atoms with Crippen LogP contribution in [0.4, 0.5) is 0 Å². The highest BCUT2D eigenvalue weighted by Gasteiger charge is 2.41. The van der Waals surface area contributed by atoms with E-state index in [1.54, 1.807) is 17.1 Å². The molecule has 0 aliphatic carbocycles. The van der Waals surface area contributed by atoms with Gasteiger partial charge < -0.3 is 14.4 Å². The van der Waals surface area contributed by atoms with E-state index in [4.69, 9.17) is 9.47 Å². The first-order valence-corrected chi connectivity index (χ1v) is 10.5. The maximum absolute atomic E-state index is 12.8. The summed E-state index contributed by atoms with van der Waals surface area (Å²) in [5.74, 6) is 1.55. The van der Waals surface area contributed by atoms with Gasteiger partial charge in [-0.15, -0.1) is 0 Å². The van der Waals surface area contributed by atoms with E-state index in [2.05, 4.69) is 10.1 Å². The zero-order chi connectivity index (χ0) is 20.3. The second kappa shape index (κ2) is 8.53. The van der Waals surface area contributed by atoms with Crippen LogP contribution in [-0.4, -0.2) is 57.5 Å². The predicted octanol–water partition coefficient (Wildman–Crippen LogP) is 2.99. The van der Waals surface area contributed by atoms with Crippen LogP contribution < -0.4 is 4.74 Å². The number of ether oxygens (including phenoxy) is 2. The topological polar surface area (TPSA) is 69.5 Å². The third-order valence-corrected chi connectivity index (χ3v) is 6.22. The van der Waals surface area contributed by atoms with Crippen molar-refractivity contribution in [1.82, 2.24) is 19.7 Å². The number of likely N-dealkylation sites (tertiary alicyclic amines) is 1. The van der Waals surface area contributed by atoms with Crippen LogP contribution in [0.5, 0.6) is 5.75 Å². The van der Waals surface area contributed by atoms with Gasteiger partial charge in [0.15, 0.2) is 0 Å². The summed E-state index contributed by atoms with van der Waals surface area (Å²) in [5, 5.41) is 4.30. The fraction of sp³-hybridized carbons (Fsp3) is 0.591. The van der Waals surface area contributed by atoms with Gasteiger partial charge in [-0.2, -0.15) is 5.10 Å². The molecule has 0 N–H and O–H groups in total. The second-order valence-corrected chi connectivity index (χ2v) is 8.30. The van der Waals surface area contributed by atoms with Crippen LogP contribution in [-0.2, 0) is 11.8 Å². The largest absolute Gasteiger partial charge is 0.493 e. The highest BCUT2D eigenvalue weighted by Crippen LogP contribution is 2.39. The minimum absolute atomic E-state index is 0.0704. The smallest absolute Gasteiger partial charge is 0.272 e. The lowest BCUT2D eigenvalue weighted by Gasteiger charge is -2.46. The van der Waals surface area contributed by atoms with Crippen molar-refractivity contribution in [3.8, 4) is 5.75 Å². The van der Waals surface area contributed by atoms with E-state index in [1.165, 1.54) is 0 Å². The molecule has 2 aromatic heterocycles. The van der Waals surface area contributed by atoms with E-state index < -0.39 is 0 Å². The minimum Gasteiger partial charge on any atom is -0.493 e. The van der Waals surface area contributed by atoms with E-state index in [0.717, 1.165) is 69.9 Å². The molecule has 0 saturated carbocycles. The zero-order valence-corrected chi connectivity index (χ0v) is 17.3. The molecule has 7 nitrogen and oxygen atoms in total. The van der Waals surface area contributed by atoms with Crippen LogP contribution in [0.3, 0.4) is 0 Å². The minimum atomic E-state index is -0.0846. The monoisotopic (exact) mass is 398 g/mol. The van der Waals surface area contributed by atoms with Gasteiger partial charge in [0.05, 0.1) is 17.9 Å². The highest BCUT2D eigenvalue weighted by molar-refractivity contribution is 5.92. The van der Waals surface area contributed by atoms with Crippen molar-refractivity contribution in [2.75, 3.05) is 26.3 Å². The van der Waals surface area contributed by atoms with Gasteiger partial charge >= 0.3 is 0 Å². The molecular weight excluding hydrogens is 368 g/mol. The summed E-state index contributed by atoms with van der Waals surface area (Å²) in [6.07, 6.45) is 8.47. The number of nitrogens with zero attached hydrogens (tertiary/aromatic N) is 4. The van der Waals surface area contributed by atoms with Crippen molar-refractivity contribution in [3.05, 3.63) is 42.0 Å². The molecule has 0 aromatic carbocycles. The molecule has 0 bridgehead atoms. The van der Waals surface area contributed by atoms with Crippen molar-refractivity contribution in [3.63, 3.8) is 0 Å². The molecule has 4 heterocycles. The quantitative estimate of drug-likeness (QED) is 0.774. The third-order valence-electron chi connectivity index (χ3n) is 6.22. The Balaban J connectivity index is 1.28. The van der Waals surface area contributed by atoms with Gasteiger partial charge in [0.2, 0.25) is 0 Å². The fourth-order valence-corrected chi connectivity index (χ4v) is 4.59. The average molecular weight is 399 g/mol. The van der Waals surface area contributed by atoms with E-state index in [-0.39, 0.29) is 11.5 Å². The van der Waals surface area contributed by atoms with Gasteiger partial charge in [0.25, 0.3) is 5.91 Å². The maximum atomic E-state index is 12.8. The van der Waals surface area contributed by atoms with Crippen molar-refractivity contribution < 1.29 is 14.3 Å². The predicted molar refractivity (Wildman–Crippen MR) is 109 cm³/mol. The molecule has 2 aromatic rings. The molecule has 2 saturated heterocycles. The van der Waals surface area contributed by atoms with Crippen LogP contribution in [0.15, 0.2) is 30.6 Å². The van der Waals surface area contributed by atoms with Crippen LogP contribution in [0.2, 0.25) is 0 Å². The van der Waals surface area contributed by atoms with E-state index in [0.29, 0.717) is 11.6 Å². The first-order chi connectivity index (χ1) is 14.0. The lowest BCUT2D eigenvalue weighted by Crippen LogP contribution is -2.51. The number of amides is 1. The van der Waals surface area contributed by atoms with Crippen LogP contribution >= 0.6 is 0 Å². The Hall–Kier alpha value is -2.41. The molecule has 156 valence electrons. The number of hydrogen-bond donors (Lipinski definition) is 0. The van der Waals surface area contributed by atoms with E-state index >= 15 is 0 Å². The molecule has 0 radical (unpaired) electrons. The Morgan fingerprint density at radius 3 is 2.76 bits per heavy atom. The van der Waals surface area contributed by atoms with Crippen LogP contribution in [0.25, 0.3) is 0 Å². The number of piperidine rings is 1. The Kier molecular flexibility index (Phi) is 5.85. The first kappa shape index (κ1) is 19.9. The van der Waals surface area contributed by atoms with Crippen molar-refractivity contribution in [2.45, 2.75) is 44.6 Å². The summed E-state index contributed by atoms with van der Waals surface area (Å²) in [6.45, 7) is 4.91. The Labute approximate surface area is 172 Å². The van der Waals surface area contributed by atoms with Gasteiger partial charge in [-0.05, 0) is 63.1 Å².